The summed E-state index contributed by atoms with van der Waals surface area (Å²) in [5.74, 6) is 0.460. The maximum absolute atomic E-state index is 12.7. The van der Waals surface area contributed by atoms with Crippen molar-refractivity contribution < 1.29 is 9.18 Å². The minimum Gasteiger partial charge on any atom is -0.355 e. The number of hydrogen-bond acceptors (Lipinski definition) is 2. The fraction of sp³-hybridized carbons (Fsp3) is 0.562. The molecular weight excluding hydrogens is 255 g/mol. The number of halogens is 1. The van der Waals surface area contributed by atoms with E-state index in [1.807, 2.05) is 11.9 Å². The van der Waals surface area contributed by atoms with Crippen LogP contribution < -0.4 is 5.32 Å². The number of nitrogens with one attached hydrogen (secondary N) is 1. The molecule has 0 spiro atoms. The second-order valence-corrected chi connectivity index (χ2v) is 5.65. The summed E-state index contributed by atoms with van der Waals surface area (Å²) < 4.78 is 12.7. The molecule has 1 N–H and O–H groups in total. The Morgan fingerprint density at radius 2 is 1.95 bits per heavy atom. The van der Waals surface area contributed by atoms with Crippen molar-refractivity contribution in [2.75, 3.05) is 26.7 Å². The van der Waals surface area contributed by atoms with E-state index in [1.165, 1.54) is 12.1 Å². The molecule has 112 valence electrons. The first-order valence-corrected chi connectivity index (χ1v) is 7.17. The van der Waals surface area contributed by atoms with Gasteiger partial charge in [-0.2, -0.15) is 0 Å². The first-order valence-electron chi connectivity index (χ1n) is 7.17. The van der Waals surface area contributed by atoms with Crippen molar-refractivity contribution in [1.82, 2.24) is 10.2 Å². The lowest BCUT2D eigenvalue weighted by molar-refractivity contribution is -0.121. The van der Waals surface area contributed by atoms with Crippen LogP contribution in [0.1, 0.15) is 25.8 Å². The van der Waals surface area contributed by atoms with Crippen LogP contribution in [-0.4, -0.2) is 37.5 Å². The molecule has 0 aliphatic heterocycles. The Morgan fingerprint density at radius 3 is 2.55 bits per heavy atom. The summed E-state index contributed by atoms with van der Waals surface area (Å²) in [6.07, 6.45) is 1.82. The molecule has 4 heteroatoms. The van der Waals surface area contributed by atoms with Gasteiger partial charge in [0.05, 0.1) is 6.54 Å². The Kier molecular flexibility index (Phi) is 7.23. The van der Waals surface area contributed by atoms with Crippen molar-refractivity contribution >= 4 is 5.91 Å². The van der Waals surface area contributed by atoms with Crippen molar-refractivity contribution in [3.63, 3.8) is 0 Å². The molecule has 0 unspecified atom stereocenters. The van der Waals surface area contributed by atoms with Crippen LogP contribution in [0.2, 0.25) is 0 Å². The second kappa shape index (κ2) is 8.69. The van der Waals surface area contributed by atoms with E-state index in [4.69, 9.17) is 0 Å². The summed E-state index contributed by atoms with van der Waals surface area (Å²) in [4.78, 5) is 13.8. The average molecular weight is 280 g/mol. The van der Waals surface area contributed by atoms with E-state index in [9.17, 15) is 9.18 Å². The molecule has 1 rings (SSSR count). The number of rotatable bonds is 8. The van der Waals surface area contributed by atoms with Crippen LogP contribution >= 0.6 is 0 Å². The predicted molar refractivity (Wildman–Crippen MR) is 80.1 cm³/mol. The van der Waals surface area contributed by atoms with Crippen LogP contribution in [0.15, 0.2) is 24.3 Å². The summed E-state index contributed by atoms with van der Waals surface area (Å²) >= 11 is 0. The molecule has 1 aromatic rings. The zero-order valence-electron chi connectivity index (χ0n) is 12.7. The Morgan fingerprint density at radius 1 is 1.30 bits per heavy atom. The number of carbonyl (C=O) groups excluding carboxylic acids is 1. The molecule has 3 nitrogen and oxygen atoms in total. The standard InChI is InChI=1S/C16H25FN2O/c1-13(2)9-11-19(3)12-16(20)18-10-8-14-4-6-15(17)7-5-14/h4-7,13H,8-12H2,1-3H3,(H,18,20). The van der Waals surface area contributed by atoms with Crippen LogP contribution in [0, 0.1) is 11.7 Å². The van der Waals surface area contributed by atoms with Gasteiger partial charge in [0.2, 0.25) is 5.91 Å². The van der Waals surface area contributed by atoms with Gasteiger partial charge < -0.3 is 5.32 Å². The fourth-order valence-corrected chi connectivity index (χ4v) is 1.86. The second-order valence-electron chi connectivity index (χ2n) is 5.65. The number of amides is 1. The summed E-state index contributed by atoms with van der Waals surface area (Å²) in [5, 5.41) is 2.89. The van der Waals surface area contributed by atoms with Gasteiger partial charge in [0, 0.05) is 6.54 Å². The smallest absolute Gasteiger partial charge is 0.234 e. The van der Waals surface area contributed by atoms with Crippen molar-refractivity contribution in [2.45, 2.75) is 26.7 Å². The third-order valence-corrected chi connectivity index (χ3v) is 3.15. The van der Waals surface area contributed by atoms with E-state index in [1.54, 1.807) is 12.1 Å². The van der Waals surface area contributed by atoms with Gasteiger partial charge in [-0.25, -0.2) is 4.39 Å². The van der Waals surface area contributed by atoms with Crippen molar-refractivity contribution in [3.8, 4) is 0 Å². The van der Waals surface area contributed by atoms with Crippen LogP contribution in [-0.2, 0) is 11.2 Å². The fourth-order valence-electron chi connectivity index (χ4n) is 1.86. The summed E-state index contributed by atoms with van der Waals surface area (Å²) in [5.41, 5.74) is 1.03. The molecule has 0 bridgehead atoms. The van der Waals surface area contributed by atoms with E-state index in [0.717, 1.165) is 24.9 Å². The molecule has 0 aliphatic rings. The number of nitrogens with zero attached hydrogens (tertiary/aromatic N) is 1. The number of carbonyl (C=O) groups is 1. The highest BCUT2D eigenvalue weighted by Gasteiger charge is 2.06. The quantitative estimate of drug-likeness (QED) is 0.793. The topological polar surface area (TPSA) is 32.3 Å². The van der Waals surface area contributed by atoms with E-state index >= 15 is 0 Å². The molecule has 1 amide bonds. The highest BCUT2D eigenvalue weighted by atomic mass is 19.1. The van der Waals surface area contributed by atoms with Crippen LogP contribution in [0.5, 0.6) is 0 Å². The van der Waals surface area contributed by atoms with E-state index in [2.05, 4.69) is 19.2 Å². The minimum atomic E-state index is -0.232. The summed E-state index contributed by atoms with van der Waals surface area (Å²) in [6.45, 7) is 6.30. The lowest BCUT2D eigenvalue weighted by Gasteiger charge is -2.17. The van der Waals surface area contributed by atoms with Crippen LogP contribution in [0.4, 0.5) is 4.39 Å². The van der Waals surface area contributed by atoms with Gasteiger partial charge in [-0.15, -0.1) is 0 Å². The average Bonchev–Trinajstić information content (AvgIpc) is 2.38. The number of benzene rings is 1. The zero-order valence-corrected chi connectivity index (χ0v) is 12.7. The lowest BCUT2D eigenvalue weighted by atomic mass is 10.1. The molecule has 0 radical (unpaired) electrons. The van der Waals surface area contributed by atoms with Gasteiger partial charge in [0.15, 0.2) is 0 Å². The summed E-state index contributed by atoms with van der Waals surface area (Å²) in [6, 6.07) is 6.38. The molecule has 0 atom stereocenters. The number of hydrogen-bond donors (Lipinski definition) is 1. The van der Waals surface area contributed by atoms with Crippen LogP contribution in [0.3, 0.4) is 0 Å². The lowest BCUT2D eigenvalue weighted by Crippen LogP contribution is -2.36. The molecule has 0 heterocycles. The van der Waals surface area contributed by atoms with E-state index in [-0.39, 0.29) is 11.7 Å². The first-order chi connectivity index (χ1) is 9.47. The van der Waals surface area contributed by atoms with Gasteiger partial charge in [-0.3, -0.25) is 9.69 Å². The number of likely N-dealkylation sites (N-methyl/N-ethyl adjacent to an activating group) is 1. The first kappa shape index (κ1) is 16.6. The normalized spacial score (nSPS) is 11.1. The van der Waals surface area contributed by atoms with Crippen molar-refractivity contribution in [3.05, 3.63) is 35.6 Å². The maximum atomic E-state index is 12.7. The minimum absolute atomic E-state index is 0.0402. The third kappa shape index (κ3) is 7.24. The SMILES string of the molecule is CC(C)CCN(C)CC(=O)NCCc1ccc(F)cc1. The summed E-state index contributed by atoms with van der Waals surface area (Å²) in [7, 11) is 1.96. The molecule has 0 saturated carbocycles. The molecule has 0 saturated heterocycles. The Hall–Kier alpha value is -1.42. The zero-order chi connectivity index (χ0) is 15.0. The van der Waals surface area contributed by atoms with Crippen molar-refractivity contribution in [1.29, 1.82) is 0 Å². The highest BCUT2D eigenvalue weighted by Crippen LogP contribution is 2.03. The van der Waals surface area contributed by atoms with Gasteiger partial charge in [-0.1, -0.05) is 26.0 Å². The highest BCUT2D eigenvalue weighted by molar-refractivity contribution is 5.77. The van der Waals surface area contributed by atoms with Gasteiger partial charge in [-0.05, 0) is 50.0 Å². The Labute approximate surface area is 121 Å². The van der Waals surface area contributed by atoms with Crippen LogP contribution in [0.25, 0.3) is 0 Å². The van der Waals surface area contributed by atoms with E-state index < -0.39 is 0 Å². The molecule has 0 fully saturated rings. The molecular formula is C16H25FN2O. The van der Waals surface area contributed by atoms with Gasteiger partial charge in [0.25, 0.3) is 0 Å². The molecule has 20 heavy (non-hydrogen) atoms. The van der Waals surface area contributed by atoms with Gasteiger partial charge in [0.1, 0.15) is 5.82 Å². The van der Waals surface area contributed by atoms with Gasteiger partial charge >= 0.3 is 0 Å². The largest absolute Gasteiger partial charge is 0.355 e. The predicted octanol–water partition coefficient (Wildman–Crippen LogP) is 2.46. The van der Waals surface area contributed by atoms with E-state index in [0.29, 0.717) is 19.0 Å². The molecule has 1 aromatic carbocycles. The maximum Gasteiger partial charge on any atom is 0.234 e. The third-order valence-electron chi connectivity index (χ3n) is 3.15. The molecule has 0 aromatic heterocycles. The monoisotopic (exact) mass is 280 g/mol. The Bertz CT molecular complexity index is 403. The Balaban J connectivity index is 2.18. The molecule has 0 aliphatic carbocycles. The van der Waals surface area contributed by atoms with Crippen molar-refractivity contribution in [2.24, 2.45) is 5.92 Å².